The molecule has 0 aromatic heterocycles. The summed E-state index contributed by atoms with van der Waals surface area (Å²) in [7, 11) is 1.75. The number of nitro benzene ring substituents is 1. The zero-order valence-electron chi connectivity index (χ0n) is 12.0. The summed E-state index contributed by atoms with van der Waals surface area (Å²) in [5.74, 6) is -0.0867. The van der Waals surface area contributed by atoms with Crippen LogP contribution in [-0.4, -0.2) is 17.9 Å². The van der Waals surface area contributed by atoms with Crippen molar-refractivity contribution in [1.29, 1.82) is 0 Å². The number of benzene rings is 2. The van der Waals surface area contributed by atoms with Crippen LogP contribution in [0.25, 0.3) is 4.91 Å². The highest BCUT2D eigenvalue weighted by atomic mass is 127. The zero-order valence-corrected chi connectivity index (χ0v) is 15.0. The van der Waals surface area contributed by atoms with Gasteiger partial charge in [0, 0.05) is 29.0 Å². The van der Waals surface area contributed by atoms with E-state index in [4.69, 9.17) is 0 Å². The molecule has 1 aliphatic heterocycles. The van der Waals surface area contributed by atoms with Gasteiger partial charge in [-0.15, -0.1) is 0 Å². The second-order valence-electron chi connectivity index (χ2n) is 4.88. The number of carbonyl (C=O) groups excluding carboxylic acids is 1. The molecule has 0 spiro atoms. The van der Waals surface area contributed by atoms with E-state index < -0.39 is 4.92 Å². The monoisotopic (exact) mass is 438 g/mol. The number of carbonyl (C=O) groups is 1. The van der Waals surface area contributed by atoms with Crippen LogP contribution < -0.4 is 4.90 Å². The number of fused-ring (bicyclic) bond motifs is 1. The molecule has 0 saturated carbocycles. The highest BCUT2D eigenvalue weighted by Crippen LogP contribution is 2.46. The van der Waals surface area contributed by atoms with Gasteiger partial charge in [-0.05, 0) is 52.4 Å². The smallest absolute Gasteiger partial charge is 0.269 e. The lowest BCUT2D eigenvalue weighted by Crippen LogP contribution is -2.25. The van der Waals surface area contributed by atoms with Crippen LogP contribution in [-0.2, 0) is 4.79 Å². The fourth-order valence-electron chi connectivity index (χ4n) is 2.25. The number of non-ortho nitro benzene ring substituents is 1. The quantitative estimate of drug-likeness (QED) is 0.395. The summed E-state index contributed by atoms with van der Waals surface area (Å²) in [4.78, 5) is 26.4. The first kappa shape index (κ1) is 16.0. The highest BCUT2D eigenvalue weighted by molar-refractivity contribution is 14.1. The van der Waals surface area contributed by atoms with Crippen LogP contribution in [0.4, 0.5) is 11.4 Å². The number of thioether (sulfide) groups is 1. The van der Waals surface area contributed by atoms with Crippen molar-refractivity contribution in [1.82, 2.24) is 0 Å². The van der Waals surface area contributed by atoms with Gasteiger partial charge in [0.2, 0.25) is 0 Å². The number of hydrogen-bond acceptors (Lipinski definition) is 4. The van der Waals surface area contributed by atoms with Crippen molar-refractivity contribution in [3.05, 3.63) is 67.8 Å². The predicted molar refractivity (Wildman–Crippen MR) is 99.7 cm³/mol. The third-order valence-electron chi connectivity index (χ3n) is 3.47. The first-order chi connectivity index (χ1) is 11.0. The number of likely N-dealkylation sites (N-methyl/N-ethyl adjacent to an activating group) is 1. The van der Waals surface area contributed by atoms with E-state index in [1.54, 1.807) is 24.1 Å². The Morgan fingerprint density at radius 1 is 1.13 bits per heavy atom. The number of nitrogens with zero attached hydrogens (tertiary/aromatic N) is 2. The van der Waals surface area contributed by atoms with Gasteiger partial charge in [0.05, 0.1) is 14.2 Å². The fraction of sp³-hybridized carbons (Fsp3) is 0.0625. The molecule has 3 rings (SSSR count). The van der Waals surface area contributed by atoms with Gasteiger partial charge in [0.1, 0.15) is 0 Å². The van der Waals surface area contributed by atoms with E-state index in [-0.39, 0.29) is 11.6 Å². The molecule has 0 atom stereocenters. The molecule has 0 radical (unpaired) electrons. The molecule has 0 unspecified atom stereocenters. The Kier molecular flexibility index (Phi) is 4.40. The maximum Gasteiger partial charge on any atom is 0.269 e. The van der Waals surface area contributed by atoms with Crippen molar-refractivity contribution in [2.24, 2.45) is 0 Å². The topological polar surface area (TPSA) is 63.5 Å². The molecule has 0 N–H and O–H groups in total. The lowest BCUT2D eigenvalue weighted by atomic mass is 10.2. The van der Waals surface area contributed by atoms with Crippen LogP contribution >= 0.6 is 34.4 Å². The summed E-state index contributed by atoms with van der Waals surface area (Å²) < 4.78 is 0.597. The Morgan fingerprint density at radius 2 is 1.78 bits per heavy atom. The van der Waals surface area contributed by atoms with Crippen LogP contribution in [0, 0.1) is 10.1 Å². The maximum atomic E-state index is 12.6. The average Bonchev–Trinajstić information content (AvgIpc) is 2.66. The third-order valence-corrected chi connectivity index (χ3v) is 6.05. The second kappa shape index (κ2) is 6.32. The van der Waals surface area contributed by atoms with Gasteiger partial charge in [0.25, 0.3) is 11.6 Å². The van der Waals surface area contributed by atoms with E-state index in [9.17, 15) is 14.9 Å². The van der Waals surface area contributed by atoms with Gasteiger partial charge in [0.15, 0.2) is 0 Å². The van der Waals surface area contributed by atoms with Crippen molar-refractivity contribution in [3.63, 3.8) is 0 Å². The number of rotatable bonds is 2. The number of hydrogen-bond donors (Lipinski definition) is 0. The Hall–Kier alpha value is -1.87. The van der Waals surface area contributed by atoms with Crippen molar-refractivity contribution in [2.45, 2.75) is 4.90 Å². The summed E-state index contributed by atoms with van der Waals surface area (Å²) in [5, 5.41) is 10.8. The van der Waals surface area contributed by atoms with Gasteiger partial charge in [-0.2, -0.15) is 0 Å². The van der Waals surface area contributed by atoms with Crippen LogP contribution in [0.1, 0.15) is 5.56 Å². The molecule has 2 aromatic carbocycles. The molecule has 0 bridgehead atoms. The summed E-state index contributed by atoms with van der Waals surface area (Å²) >= 11 is 3.54. The molecule has 0 saturated heterocycles. The minimum atomic E-state index is -0.433. The minimum Gasteiger partial charge on any atom is -0.310 e. The minimum absolute atomic E-state index is 0.0341. The van der Waals surface area contributed by atoms with Gasteiger partial charge >= 0.3 is 0 Å². The standard InChI is InChI=1S/C16H11IN2O3S/c1-18-12-4-2-3-5-13(12)23-15(14(17)16(18)20)10-6-8-11(9-7-10)19(21)22/h2-9H,1H3. The SMILES string of the molecule is CN1C(=O)C(I)=C(c2ccc([N+](=O)[O-])cc2)Sc2ccccc21. The number of nitro groups is 1. The fourth-order valence-corrected chi connectivity index (χ4v) is 4.36. The molecule has 1 aliphatic rings. The summed E-state index contributed by atoms with van der Waals surface area (Å²) in [5.41, 5.74) is 1.68. The molecular formula is C16H11IN2O3S. The van der Waals surface area contributed by atoms with E-state index in [0.29, 0.717) is 3.58 Å². The lowest BCUT2D eigenvalue weighted by molar-refractivity contribution is -0.384. The molecule has 2 aromatic rings. The molecular weight excluding hydrogens is 427 g/mol. The van der Waals surface area contributed by atoms with Gasteiger partial charge in [-0.3, -0.25) is 14.9 Å². The van der Waals surface area contributed by atoms with Crippen LogP contribution in [0.3, 0.4) is 0 Å². The van der Waals surface area contributed by atoms with E-state index in [2.05, 4.69) is 0 Å². The first-order valence-corrected chi connectivity index (χ1v) is 8.58. The van der Waals surface area contributed by atoms with Crippen molar-refractivity contribution < 1.29 is 9.72 Å². The molecule has 1 amide bonds. The molecule has 23 heavy (non-hydrogen) atoms. The predicted octanol–water partition coefficient (Wildman–Crippen LogP) is 4.47. The molecule has 5 nitrogen and oxygen atoms in total. The van der Waals surface area contributed by atoms with E-state index >= 15 is 0 Å². The van der Waals surface area contributed by atoms with Crippen molar-refractivity contribution in [3.8, 4) is 0 Å². The summed E-state index contributed by atoms with van der Waals surface area (Å²) in [6.07, 6.45) is 0. The van der Waals surface area contributed by atoms with Crippen LogP contribution in [0.5, 0.6) is 0 Å². The van der Waals surface area contributed by atoms with Gasteiger partial charge in [-0.25, -0.2) is 0 Å². The Bertz CT molecular complexity index is 833. The normalized spacial score (nSPS) is 14.5. The Balaban J connectivity index is 2.10. The second-order valence-corrected chi connectivity index (χ2v) is 7.01. The molecule has 116 valence electrons. The molecule has 0 aliphatic carbocycles. The zero-order chi connectivity index (χ0) is 16.6. The Morgan fingerprint density at radius 3 is 2.43 bits per heavy atom. The summed E-state index contributed by atoms with van der Waals surface area (Å²) in [6.45, 7) is 0. The molecule has 0 fully saturated rings. The lowest BCUT2D eigenvalue weighted by Gasteiger charge is -2.16. The maximum absolute atomic E-state index is 12.6. The first-order valence-electron chi connectivity index (χ1n) is 6.68. The average molecular weight is 438 g/mol. The van der Waals surface area contributed by atoms with Gasteiger partial charge in [-0.1, -0.05) is 23.9 Å². The number of anilines is 1. The van der Waals surface area contributed by atoms with Gasteiger partial charge < -0.3 is 4.90 Å². The third kappa shape index (κ3) is 2.98. The number of amides is 1. The van der Waals surface area contributed by atoms with Crippen LogP contribution in [0.2, 0.25) is 0 Å². The van der Waals surface area contributed by atoms with E-state index in [1.165, 1.54) is 23.9 Å². The molecule has 1 heterocycles. The number of halogens is 1. The Labute approximate surface area is 150 Å². The highest BCUT2D eigenvalue weighted by Gasteiger charge is 2.26. The van der Waals surface area contributed by atoms with Crippen molar-refractivity contribution >= 4 is 56.5 Å². The van der Waals surface area contributed by atoms with E-state index in [1.807, 2.05) is 46.9 Å². The largest absolute Gasteiger partial charge is 0.310 e. The van der Waals surface area contributed by atoms with E-state index in [0.717, 1.165) is 21.1 Å². The van der Waals surface area contributed by atoms with Crippen LogP contribution in [0.15, 0.2) is 57.0 Å². The number of para-hydroxylation sites is 1. The summed E-state index contributed by atoms with van der Waals surface area (Å²) in [6, 6.07) is 14.0. The van der Waals surface area contributed by atoms with Crippen molar-refractivity contribution in [2.75, 3.05) is 11.9 Å². The molecule has 7 heteroatoms.